The summed E-state index contributed by atoms with van der Waals surface area (Å²) in [6.07, 6.45) is 0.634. The molecule has 1 aromatic carbocycles. The van der Waals surface area contributed by atoms with E-state index in [1.165, 1.54) is 0 Å². The molecule has 0 bridgehead atoms. The van der Waals surface area contributed by atoms with Gasteiger partial charge in [-0.25, -0.2) is 8.78 Å². The van der Waals surface area contributed by atoms with Crippen LogP contribution in [-0.4, -0.2) is 14.7 Å². The maximum atomic E-state index is 12.8. The van der Waals surface area contributed by atoms with Gasteiger partial charge in [-0.15, -0.1) is 0 Å². The predicted octanol–water partition coefficient (Wildman–Crippen LogP) is 1.44. The van der Waals surface area contributed by atoms with Crippen LogP contribution in [0.4, 0.5) is 13.2 Å². The van der Waals surface area contributed by atoms with Crippen LogP contribution < -0.4 is 4.18 Å². The molecule has 3 nitrogen and oxygen atoms in total. The third-order valence-corrected chi connectivity index (χ3v) is 1.68. The Hall–Kier alpha value is -1.24. The third-order valence-electron chi connectivity index (χ3n) is 1.20. The average Bonchev–Trinajstić information content (AvgIpc) is 1.96. The van der Waals surface area contributed by atoms with Gasteiger partial charge in [-0.2, -0.15) is 12.8 Å². The Kier molecular flexibility index (Phi) is 2.70. The normalized spacial score (nSPS) is 11.4. The summed E-state index contributed by atoms with van der Waals surface area (Å²) in [6.45, 7) is 0. The van der Waals surface area contributed by atoms with Crippen LogP contribution in [0.2, 0.25) is 0 Å². The Morgan fingerprint density at radius 3 is 2.29 bits per heavy atom. The second-order valence-corrected chi connectivity index (χ2v) is 4.06. The predicted molar refractivity (Wildman–Crippen MR) is 41.8 cm³/mol. The van der Waals surface area contributed by atoms with Gasteiger partial charge < -0.3 is 4.18 Å². The summed E-state index contributed by atoms with van der Waals surface area (Å²) < 4.78 is 62.9. The zero-order valence-electron chi connectivity index (χ0n) is 6.92. The maximum absolute atomic E-state index is 12.8. The zero-order chi connectivity index (χ0) is 10.9. The fourth-order valence-corrected chi connectivity index (χ4v) is 1.20. The smallest absolute Gasteiger partial charge is 0.306 e. The summed E-state index contributed by atoms with van der Waals surface area (Å²) in [5.74, 6) is -5.17. The number of halogens is 3. The Morgan fingerprint density at radius 1 is 1.21 bits per heavy atom. The fourth-order valence-electron chi connectivity index (χ4n) is 0.756. The Morgan fingerprint density at radius 2 is 1.79 bits per heavy atom. The summed E-state index contributed by atoms with van der Waals surface area (Å²) in [6, 6.07) is 0.726. The summed E-state index contributed by atoms with van der Waals surface area (Å²) in [4.78, 5) is 0. The van der Waals surface area contributed by atoms with Crippen LogP contribution in [0.15, 0.2) is 12.1 Å². The second-order valence-electron chi connectivity index (χ2n) is 2.49. The fraction of sp³-hybridized carbons (Fsp3) is 0.143. The van der Waals surface area contributed by atoms with Gasteiger partial charge in [0.05, 0.1) is 6.26 Å². The third kappa shape index (κ3) is 2.63. The standard InChI is InChI=1S/C7H5F3O3S/c1-14(11,12)13-6-3-4(8)2-5(9)7(6)10/h2-3H,1H3. The van der Waals surface area contributed by atoms with E-state index in [2.05, 4.69) is 4.18 Å². The largest absolute Gasteiger partial charge is 0.379 e. The van der Waals surface area contributed by atoms with E-state index in [0.717, 1.165) is 0 Å². The van der Waals surface area contributed by atoms with Gasteiger partial charge in [0.2, 0.25) is 5.82 Å². The van der Waals surface area contributed by atoms with Gasteiger partial charge in [-0.1, -0.05) is 0 Å². The highest BCUT2D eigenvalue weighted by atomic mass is 32.2. The van der Waals surface area contributed by atoms with Crippen molar-refractivity contribution in [3.8, 4) is 5.75 Å². The SMILES string of the molecule is CS(=O)(=O)Oc1cc(F)cc(F)c1F. The average molecular weight is 226 g/mol. The van der Waals surface area contributed by atoms with Crippen molar-refractivity contribution in [3.63, 3.8) is 0 Å². The molecule has 0 radical (unpaired) electrons. The van der Waals surface area contributed by atoms with Gasteiger partial charge >= 0.3 is 10.1 Å². The van der Waals surface area contributed by atoms with Crippen molar-refractivity contribution in [2.45, 2.75) is 0 Å². The van der Waals surface area contributed by atoms with E-state index < -0.39 is 33.3 Å². The minimum Gasteiger partial charge on any atom is -0.379 e. The van der Waals surface area contributed by atoms with Crippen LogP contribution >= 0.6 is 0 Å². The van der Waals surface area contributed by atoms with Gasteiger partial charge in [-0.05, 0) is 0 Å². The Balaban J connectivity index is 3.22. The zero-order valence-corrected chi connectivity index (χ0v) is 7.74. The summed E-state index contributed by atoms with van der Waals surface area (Å²) in [5.41, 5.74) is 0. The van der Waals surface area contributed by atoms with Crippen LogP contribution in [0.25, 0.3) is 0 Å². The van der Waals surface area contributed by atoms with Gasteiger partial charge in [0.1, 0.15) is 5.82 Å². The van der Waals surface area contributed by atoms with Crippen molar-refractivity contribution in [3.05, 3.63) is 29.6 Å². The lowest BCUT2D eigenvalue weighted by molar-refractivity contribution is 0.432. The topological polar surface area (TPSA) is 43.4 Å². The summed E-state index contributed by atoms with van der Waals surface area (Å²) in [7, 11) is -4.01. The van der Waals surface area contributed by atoms with Crippen molar-refractivity contribution in [1.29, 1.82) is 0 Å². The first-order chi connectivity index (χ1) is 6.29. The molecule has 0 saturated heterocycles. The van der Waals surface area contributed by atoms with E-state index in [-0.39, 0.29) is 6.07 Å². The number of hydrogen-bond acceptors (Lipinski definition) is 3. The molecule has 0 N–H and O–H groups in total. The van der Waals surface area contributed by atoms with Crippen molar-refractivity contribution in [2.24, 2.45) is 0 Å². The first kappa shape index (κ1) is 10.8. The van der Waals surface area contributed by atoms with Crippen molar-refractivity contribution < 1.29 is 25.8 Å². The van der Waals surface area contributed by atoms with E-state index >= 15 is 0 Å². The quantitative estimate of drug-likeness (QED) is 0.566. The summed E-state index contributed by atoms with van der Waals surface area (Å²) >= 11 is 0. The van der Waals surface area contributed by atoms with Crippen LogP contribution in [-0.2, 0) is 10.1 Å². The van der Waals surface area contributed by atoms with Gasteiger partial charge in [0, 0.05) is 12.1 Å². The molecule has 7 heteroatoms. The molecule has 0 aliphatic heterocycles. The summed E-state index contributed by atoms with van der Waals surface area (Å²) in [5, 5.41) is 0. The van der Waals surface area contributed by atoms with Crippen LogP contribution in [0, 0.1) is 17.5 Å². The molecular weight excluding hydrogens is 221 g/mol. The van der Waals surface area contributed by atoms with Crippen molar-refractivity contribution in [1.82, 2.24) is 0 Å². The molecule has 0 fully saturated rings. The molecule has 0 aromatic heterocycles. The Labute approximate surface area is 78.2 Å². The molecular formula is C7H5F3O3S. The van der Waals surface area contributed by atoms with Gasteiger partial charge in [0.25, 0.3) is 0 Å². The van der Waals surface area contributed by atoms with Crippen LogP contribution in [0.3, 0.4) is 0 Å². The highest BCUT2D eigenvalue weighted by molar-refractivity contribution is 7.86. The second kappa shape index (κ2) is 3.49. The van der Waals surface area contributed by atoms with Gasteiger partial charge in [0.15, 0.2) is 11.6 Å². The lowest BCUT2D eigenvalue weighted by Crippen LogP contribution is -2.08. The number of rotatable bonds is 2. The molecule has 0 heterocycles. The Bertz CT molecular complexity index is 455. The number of hydrogen-bond donors (Lipinski definition) is 0. The highest BCUT2D eigenvalue weighted by Crippen LogP contribution is 2.22. The van der Waals surface area contributed by atoms with Crippen molar-refractivity contribution in [2.75, 3.05) is 6.26 Å². The van der Waals surface area contributed by atoms with E-state index in [1.54, 1.807) is 0 Å². The maximum Gasteiger partial charge on any atom is 0.306 e. The molecule has 0 aliphatic rings. The molecule has 0 spiro atoms. The molecule has 1 aromatic rings. The minimum absolute atomic E-state index is 0.282. The molecule has 14 heavy (non-hydrogen) atoms. The monoisotopic (exact) mass is 226 g/mol. The molecule has 1 rings (SSSR count). The van der Waals surface area contributed by atoms with E-state index in [9.17, 15) is 21.6 Å². The van der Waals surface area contributed by atoms with Crippen LogP contribution in [0.1, 0.15) is 0 Å². The van der Waals surface area contributed by atoms with E-state index in [0.29, 0.717) is 12.3 Å². The lowest BCUT2D eigenvalue weighted by atomic mass is 10.3. The molecule has 0 saturated carbocycles. The van der Waals surface area contributed by atoms with Gasteiger partial charge in [-0.3, -0.25) is 0 Å². The number of benzene rings is 1. The molecule has 0 unspecified atom stereocenters. The first-order valence-corrected chi connectivity index (χ1v) is 5.15. The lowest BCUT2D eigenvalue weighted by Gasteiger charge is -2.04. The molecule has 0 atom stereocenters. The van der Waals surface area contributed by atoms with E-state index in [1.807, 2.05) is 0 Å². The highest BCUT2D eigenvalue weighted by Gasteiger charge is 2.15. The van der Waals surface area contributed by atoms with Crippen molar-refractivity contribution >= 4 is 10.1 Å². The minimum atomic E-state index is -4.01. The first-order valence-electron chi connectivity index (χ1n) is 3.33. The van der Waals surface area contributed by atoms with E-state index in [4.69, 9.17) is 0 Å². The molecule has 0 aliphatic carbocycles. The molecule has 78 valence electrons. The van der Waals surface area contributed by atoms with Crippen LogP contribution in [0.5, 0.6) is 5.75 Å². The molecule has 0 amide bonds.